The lowest BCUT2D eigenvalue weighted by Crippen LogP contribution is -2.47. The predicted molar refractivity (Wildman–Crippen MR) is 107 cm³/mol. The van der Waals surface area contributed by atoms with Crippen molar-refractivity contribution in [3.05, 3.63) is 30.1 Å². The average molecular weight is 517 g/mol. The third-order valence-electron chi connectivity index (χ3n) is 4.97. The van der Waals surface area contributed by atoms with E-state index in [9.17, 15) is 31.1 Å². The number of carboxylic acid groups (broad SMARTS) is 2. The summed E-state index contributed by atoms with van der Waals surface area (Å²) in [5.74, 6) is -5.42. The van der Waals surface area contributed by atoms with Crippen LogP contribution in [-0.4, -0.2) is 94.1 Å². The number of rotatable bonds is 3. The third-order valence-corrected chi connectivity index (χ3v) is 4.97. The molecule has 0 radical (unpaired) electrons. The van der Waals surface area contributed by atoms with Gasteiger partial charge in [0.1, 0.15) is 6.10 Å². The van der Waals surface area contributed by atoms with Gasteiger partial charge in [0.2, 0.25) is 0 Å². The van der Waals surface area contributed by atoms with Crippen LogP contribution in [0.4, 0.5) is 26.3 Å². The highest BCUT2D eigenvalue weighted by molar-refractivity contribution is 5.80. The first-order valence-corrected chi connectivity index (χ1v) is 10.1. The van der Waals surface area contributed by atoms with E-state index in [-0.39, 0.29) is 18.1 Å². The second kappa shape index (κ2) is 12.7. The van der Waals surface area contributed by atoms with Crippen molar-refractivity contribution < 1.29 is 55.7 Å². The van der Waals surface area contributed by atoms with Crippen molar-refractivity contribution in [2.24, 2.45) is 0 Å². The number of nitrogens with zero attached hydrogens (tertiary/aromatic N) is 3. The third kappa shape index (κ3) is 10.1. The molecule has 2 aliphatic rings. The van der Waals surface area contributed by atoms with Crippen molar-refractivity contribution in [2.45, 2.75) is 56.4 Å². The van der Waals surface area contributed by atoms with Gasteiger partial charge in [0.05, 0.1) is 6.10 Å². The predicted octanol–water partition coefficient (Wildman–Crippen LogP) is 2.56. The van der Waals surface area contributed by atoms with E-state index in [0.29, 0.717) is 6.04 Å². The van der Waals surface area contributed by atoms with Crippen molar-refractivity contribution in [1.29, 1.82) is 0 Å². The fraction of sp³-hybridized carbons (Fsp3) is 0.600. The molecule has 0 aromatic carbocycles. The molecule has 0 spiro atoms. The van der Waals surface area contributed by atoms with Gasteiger partial charge < -0.3 is 19.8 Å². The van der Waals surface area contributed by atoms with E-state index in [1.54, 1.807) is 25.2 Å². The van der Waals surface area contributed by atoms with E-state index in [2.05, 4.69) is 16.0 Å². The van der Waals surface area contributed by atoms with Crippen molar-refractivity contribution in [3.8, 4) is 0 Å². The quantitative estimate of drug-likeness (QED) is 0.588. The Morgan fingerprint density at radius 3 is 2.03 bits per heavy atom. The van der Waals surface area contributed by atoms with Gasteiger partial charge in [-0.2, -0.15) is 26.3 Å². The molecule has 1 aromatic rings. The molecule has 15 heteroatoms. The average Bonchev–Trinajstić information content (AvgIpc) is 3.15. The summed E-state index contributed by atoms with van der Waals surface area (Å²) >= 11 is 0. The molecule has 0 aliphatic carbocycles. The molecule has 3 atom stereocenters. The number of likely N-dealkylation sites (N-methyl/N-ethyl adjacent to an activating group) is 1. The molecule has 3 heterocycles. The first-order chi connectivity index (χ1) is 16.0. The number of aliphatic carboxylic acids is 2. The van der Waals surface area contributed by atoms with Gasteiger partial charge in [-0.3, -0.25) is 14.7 Å². The number of alkyl halides is 6. The Hall–Kier alpha value is -2.94. The Morgan fingerprint density at radius 1 is 1.06 bits per heavy atom. The normalized spacial score (nSPS) is 22.0. The molecule has 35 heavy (non-hydrogen) atoms. The van der Waals surface area contributed by atoms with E-state index < -0.39 is 24.3 Å². The largest absolute Gasteiger partial charge is 0.490 e. The number of ether oxygens (including phenoxy) is 1. The number of fused-ring (bicyclic) bond motifs is 1. The topological polar surface area (TPSA) is 120 Å². The van der Waals surface area contributed by atoms with Gasteiger partial charge in [-0.15, -0.1) is 0 Å². The highest BCUT2D eigenvalue weighted by atomic mass is 19.4. The Morgan fingerprint density at radius 2 is 1.60 bits per heavy atom. The minimum absolute atomic E-state index is 0.0964. The Labute approximate surface area is 196 Å². The van der Waals surface area contributed by atoms with Crippen LogP contribution in [0.1, 0.15) is 24.8 Å². The summed E-state index contributed by atoms with van der Waals surface area (Å²) in [6.07, 6.45) is -3.62. The van der Waals surface area contributed by atoms with Crippen molar-refractivity contribution >= 4 is 17.8 Å². The maximum Gasteiger partial charge on any atom is 0.490 e. The minimum Gasteiger partial charge on any atom is -0.475 e. The SMILES string of the molecule is CN(C)C(=O)[C@H]1CC[C@@H]2[C@@H](CCN2Cc2cccnc2)O1.O=C(O)C(F)(F)F.O=C(O)C(F)(F)F. The molecule has 2 saturated heterocycles. The van der Waals surface area contributed by atoms with Crippen molar-refractivity contribution in [2.75, 3.05) is 20.6 Å². The molecule has 3 rings (SSSR count). The molecule has 0 unspecified atom stereocenters. The van der Waals surface area contributed by atoms with Crippen LogP contribution >= 0.6 is 0 Å². The van der Waals surface area contributed by atoms with E-state index in [0.717, 1.165) is 32.4 Å². The highest BCUT2D eigenvalue weighted by Gasteiger charge is 2.42. The lowest BCUT2D eigenvalue weighted by atomic mass is 9.98. The van der Waals surface area contributed by atoms with Crippen LogP contribution in [0, 0.1) is 0 Å². The van der Waals surface area contributed by atoms with Gasteiger partial charge in [0.25, 0.3) is 5.91 Å². The maximum absolute atomic E-state index is 12.0. The number of carbonyl (C=O) groups excluding carboxylic acids is 1. The monoisotopic (exact) mass is 517 g/mol. The second-order valence-corrected chi connectivity index (χ2v) is 7.77. The summed E-state index contributed by atoms with van der Waals surface area (Å²) < 4.78 is 69.5. The molecule has 2 fully saturated rings. The van der Waals surface area contributed by atoms with Crippen LogP contribution in [0.15, 0.2) is 24.5 Å². The van der Waals surface area contributed by atoms with Gasteiger partial charge >= 0.3 is 24.3 Å². The fourth-order valence-electron chi connectivity index (χ4n) is 3.41. The molecule has 0 bridgehead atoms. The van der Waals surface area contributed by atoms with Gasteiger partial charge in [0.15, 0.2) is 0 Å². The van der Waals surface area contributed by atoms with Crippen LogP contribution in [-0.2, 0) is 25.7 Å². The molecule has 2 N–H and O–H groups in total. The number of hydrogen-bond donors (Lipinski definition) is 2. The Balaban J connectivity index is 0.000000362. The zero-order valence-electron chi connectivity index (χ0n) is 18.7. The maximum atomic E-state index is 12.0. The molecular formula is C20H25F6N3O6. The number of halogens is 6. The van der Waals surface area contributed by atoms with Crippen LogP contribution in [0.5, 0.6) is 0 Å². The van der Waals surface area contributed by atoms with Crippen molar-refractivity contribution in [3.63, 3.8) is 0 Å². The zero-order chi connectivity index (χ0) is 27.0. The number of hydrogen-bond acceptors (Lipinski definition) is 6. The van der Waals surface area contributed by atoms with Gasteiger partial charge in [0, 0.05) is 45.6 Å². The van der Waals surface area contributed by atoms with Crippen molar-refractivity contribution in [1.82, 2.24) is 14.8 Å². The van der Waals surface area contributed by atoms with Gasteiger partial charge in [-0.1, -0.05) is 6.07 Å². The fourth-order valence-corrected chi connectivity index (χ4v) is 3.41. The molecular weight excluding hydrogens is 492 g/mol. The number of aromatic nitrogens is 1. The first kappa shape index (κ1) is 30.1. The summed E-state index contributed by atoms with van der Waals surface area (Å²) in [5, 5.41) is 14.2. The summed E-state index contributed by atoms with van der Waals surface area (Å²) in [6, 6.07) is 4.53. The minimum atomic E-state index is -5.08. The van der Waals surface area contributed by atoms with Crippen LogP contribution in [0.2, 0.25) is 0 Å². The standard InChI is InChI=1S/C16H23N3O2.2C2HF3O2/c1-18(2)16(20)15-6-5-13-14(21-15)7-9-19(13)11-12-4-3-8-17-10-12;2*3-2(4,5)1(6)7/h3-4,8,10,13-15H,5-7,9,11H2,1-2H3;2*(H,6,7)/t13-,14-,15-;;/m1../s1. The summed E-state index contributed by atoms with van der Waals surface area (Å²) in [4.78, 5) is 38.1. The second-order valence-electron chi connectivity index (χ2n) is 7.77. The number of carboxylic acids is 2. The lowest BCUT2D eigenvalue weighted by molar-refractivity contribution is -0.193. The van der Waals surface area contributed by atoms with E-state index in [4.69, 9.17) is 24.5 Å². The molecule has 1 amide bonds. The number of carbonyl (C=O) groups is 3. The molecule has 198 valence electrons. The lowest BCUT2D eigenvalue weighted by Gasteiger charge is -2.36. The van der Waals surface area contributed by atoms with E-state index in [1.807, 2.05) is 12.3 Å². The van der Waals surface area contributed by atoms with Crippen LogP contribution in [0.25, 0.3) is 0 Å². The highest BCUT2D eigenvalue weighted by Crippen LogP contribution is 2.32. The van der Waals surface area contributed by atoms with Crippen LogP contribution in [0.3, 0.4) is 0 Å². The summed E-state index contributed by atoms with van der Waals surface area (Å²) in [7, 11) is 3.59. The number of likely N-dealkylation sites (tertiary alicyclic amines) is 1. The van der Waals surface area contributed by atoms with Gasteiger partial charge in [-0.25, -0.2) is 9.59 Å². The Kier molecular flexibility index (Phi) is 10.9. The summed E-state index contributed by atoms with van der Waals surface area (Å²) in [5.41, 5.74) is 1.24. The molecule has 9 nitrogen and oxygen atoms in total. The zero-order valence-corrected chi connectivity index (χ0v) is 18.7. The molecule has 2 aliphatic heterocycles. The molecule has 0 saturated carbocycles. The Bertz CT molecular complexity index is 826. The smallest absolute Gasteiger partial charge is 0.475 e. The number of pyridine rings is 1. The van der Waals surface area contributed by atoms with E-state index >= 15 is 0 Å². The molecule has 1 aromatic heterocycles. The van der Waals surface area contributed by atoms with Gasteiger partial charge in [-0.05, 0) is 30.9 Å². The first-order valence-electron chi connectivity index (χ1n) is 10.1. The number of amides is 1. The summed E-state index contributed by atoms with van der Waals surface area (Å²) in [6.45, 7) is 1.96. The van der Waals surface area contributed by atoms with Crippen LogP contribution < -0.4 is 0 Å². The van der Waals surface area contributed by atoms with E-state index in [1.165, 1.54) is 5.56 Å².